The third-order valence-corrected chi connectivity index (χ3v) is 5.45. The van der Waals surface area contributed by atoms with E-state index in [2.05, 4.69) is 28.7 Å². The third-order valence-electron chi connectivity index (χ3n) is 4.04. The van der Waals surface area contributed by atoms with Crippen molar-refractivity contribution >= 4 is 40.6 Å². The summed E-state index contributed by atoms with van der Waals surface area (Å²) < 4.78 is 2.13. The van der Waals surface area contributed by atoms with Crippen molar-refractivity contribution in [2.24, 2.45) is 5.92 Å². The largest absolute Gasteiger partial charge is 0.324 e. The molecule has 0 bridgehead atoms. The van der Waals surface area contributed by atoms with Gasteiger partial charge in [-0.15, -0.1) is 0 Å². The van der Waals surface area contributed by atoms with E-state index in [1.165, 1.54) is 30.0 Å². The summed E-state index contributed by atoms with van der Waals surface area (Å²) in [5, 5.41) is 14.0. The fourth-order valence-electron chi connectivity index (χ4n) is 2.46. The van der Waals surface area contributed by atoms with Crippen LogP contribution in [-0.2, 0) is 11.3 Å². The zero-order valence-electron chi connectivity index (χ0n) is 15.9. The van der Waals surface area contributed by atoms with Crippen molar-refractivity contribution < 1.29 is 9.72 Å². The van der Waals surface area contributed by atoms with E-state index in [4.69, 9.17) is 11.6 Å². The van der Waals surface area contributed by atoms with Gasteiger partial charge in [0.2, 0.25) is 5.91 Å². The number of hydrogen-bond acceptors (Lipinski definition) is 5. The second-order valence-corrected chi connectivity index (χ2v) is 8.46. The highest BCUT2D eigenvalue weighted by Gasteiger charge is 2.21. The number of benzene rings is 1. The maximum Gasteiger partial charge on any atom is 0.271 e. The molecular weight excluding hydrogens is 388 g/mol. The number of nitrogens with one attached hydrogen (secondary N) is 1. The summed E-state index contributed by atoms with van der Waals surface area (Å²) in [4.78, 5) is 27.4. The van der Waals surface area contributed by atoms with Crippen LogP contribution in [0.15, 0.2) is 23.4 Å². The van der Waals surface area contributed by atoms with E-state index in [1.807, 2.05) is 13.8 Å². The molecule has 0 saturated heterocycles. The van der Waals surface area contributed by atoms with Crippen LogP contribution in [0.2, 0.25) is 5.02 Å². The molecular formula is C18H23ClN4O3S. The Bertz CT molecular complexity index is 867. The normalized spacial score (nSPS) is 12.3. The summed E-state index contributed by atoms with van der Waals surface area (Å²) in [5.41, 5.74) is 2.26. The molecule has 0 fully saturated rings. The second kappa shape index (κ2) is 8.75. The van der Waals surface area contributed by atoms with Crippen molar-refractivity contribution in [3.8, 4) is 0 Å². The van der Waals surface area contributed by atoms with Gasteiger partial charge in [0.15, 0.2) is 5.16 Å². The van der Waals surface area contributed by atoms with Crippen LogP contribution >= 0.6 is 23.4 Å². The number of carbonyl (C=O) groups excluding carboxylic acids is 1. The van der Waals surface area contributed by atoms with Gasteiger partial charge in [-0.3, -0.25) is 14.9 Å². The number of non-ortho nitro benzene ring substituents is 1. The summed E-state index contributed by atoms with van der Waals surface area (Å²) in [6.45, 7) is 10.9. The van der Waals surface area contributed by atoms with Gasteiger partial charge in [-0.1, -0.05) is 37.2 Å². The van der Waals surface area contributed by atoms with Gasteiger partial charge in [-0.2, -0.15) is 0 Å². The molecule has 146 valence electrons. The summed E-state index contributed by atoms with van der Waals surface area (Å²) in [5.74, 6) is 0.213. The second-order valence-electron chi connectivity index (χ2n) is 6.74. The first kappa shape index (κ1) is 21.2. The molecule has 1 aromatic heterocycles. The number of rotatable bonds is 7. The molecule has 27 heavy (non-hydrogen) atoms. The average Bonchev–Trinajstić information content (AvgIpc) is 2.83. The first-order valence-corrected chi connectivity index (χ1v) is 9.81. The first-order chi connectivity index (χ1) is 12.6. The Morgan fingerprint density at radius 2 is 2.04 bits per heavy atom. The van der Waals surface area contributed by atoms with Gasteiger partial charge in [-0.25, -0.2) is 4.98 Å². The van der Waals surface area contributed by atoms with Gasteiger partial charge in [0.05, 0.1) is 26.6 Å². The van der Waals surface area contributed by atoms with Crippen molar-refractivity contribution in [1.29, 1.82) is 0 Å². The number of thioether (sulfide) groups is 1. The van der Waals surface area contributed by atoms with Gasteiger partial charge < -0.3 is 9.88 Å². The van der Waals surface area contributed by atoms with Crippen LogP contribution < -0.4 is 5.32 Å². The van der Waals surface area contributed by atoms with E-state index < -0.39 is 10.2 Å². The number of nitro groups is 1. The lowest BCUT2D eigenvalue weighted by atomic mass is 10.2. The van der Waals surface area contributed by atoms with Crippen molar-refractivity contribution in [1.82, 2.24) is 9.55 Å². The topological polar surface area (TPSA) is 90.1 Å². The summed E-state index contributed by atoms with van der Waals surface area (Å²) in [6, 6.07) is 3.96. The highest BCUT2D eigenvalue weighted by atomic mass is 35.5. The molecule has 0 saturated carbocycles. The van der Waals surface area contributed by atoms with E-state index in [9.17, 15) is 14.9 Å². The predicted molar refractivity (Wildman–Crippen MR) is 109 cm³/mol. The number of aromatic nitrogens is 2. The molecule has 1 amide bonds. The van der Waals surface area contributed by atoms with E-state index >= 15 is 0 Å². The zero-order chi connectivity index (χ0) is 20.3. The molecule has 0 spiro atoms. The molecule has 9 heteroatoms. The SMILES string of the molecule is Cc1nc(S[C@@H](C)C(=O)Nc2ccc([N+](=O)[O-])cc2Cl)n(CC(C)C)c1C. The van der Waals surface area contributed by atoms with Gasteiger partial charge in [0, 0.05) is 24.4 Å². The maximum atomic E-state index is 12.6. The molecule has 1 heterocycles. The summed E-state index contributed by atoms with van der Waals surface area (Å²) >= 11 is 7.42. The minimum Gasteiger partial charge on any atom is -0.324 e. The number of nitro benzene ring substituents is 1. The number of imidazole rings is 1. The average molecular weight is 411 g/mol. The fourth-order valence-corrected chi connectivity index (χ4v) is 3.69. The summed E-state index contributed by atoms with van der Waals surface area (Å²) in [7, 11) is 0. The van der Waals surface area contributed by atoms with E-state index in [-0.39, 0.29) is 16.6 Å². The quantitative estimate of drug-likeness (QED) is 0.400. The molecule has 0 aliphatic rings. The molecule has 0 aliphatic carbocycles. The van der Waals surface area contributed by atoms with Crippen LogP contribution in [0.4, 0.5) is 11.4 Å². The van der Waals surface area contributed by atoms with Gasteiger partial charge in [0.1, 0.15) is 0 Å². The number of nitrogens with zero attached hydrogens (tertiary/aromatic N) is 3. The Labute approximate surface area is 167 Å². The summed E-state index contributed by atoms with van der Waals surface area (Å²) in [6.07, 6.45) is 0. The number of hydrogen-bond donors (Lipinski definition) is 1. The minimum atomic E-state index is -0.533. The molecule has 1 atom stereocenters. The maximum absolute atomic E-state index is 12.6. The van der Waals surface area contributed by atoms with E-state index in [0.29, 0.717) is 11.6 Å². The predicted octanol–water partition coefficient (Wildman–Crippen LogP) is 4.84. The minimum absolute atomic E-state index is 0.123. The van der Waals surface area contributed by atoms with Crippen LogP contribution in [-0.4, -0.2) is 25.6 Å². The standard InChI is InChI=1S/C18H23ClN4O3S/c1-10(2)9-22-12(4)11(3)20-18(22)27-13(5)17(24)21-16-7-6-14(23(25)26)8-15(16)19/h6-8,10,13H,9H2,1-5H3,(H,21,24)/t13-/m0/s1. The number of anilines is 1. The van der Waals surface area contributed by atoms with Crippen molar-refractivity contribution in [3.05, 3.63) is 44.7 Å². The third kappa shape index (κ3) is 5.23. The molecule has 2 rings (SSSR count). The number of aryl methyl sites for hydroxylation is 1. The number of carbonyl (C=O) groups is 1. The van der Waals surface area contributed by atoms with Crippen molar-refractivity contribution in [3.63, 3.8) is 0 Å². The number of halogens is 1. The molecule has 7 nitrogen and oxygen atoms in total. The first-order valence-electron chi connectivity index (χ1n) is 8.55. The van der Waals surface area contributed by atoms with Crippen molar-refractivity contribution in [2.45, 2.75) is 51.6 Å². The smallest absolute Gasteiger partial charge is 0.271 e. The van der Waals surface area contributed by atoms with Crippen LogP contribution in [0.3, 0.4) is 0 Å². The Kier molecular flexibility index (Phi) is 6.89. The fraction of sp³-hybridized carbons (Fsp3) is 0.444. The lowest BCUT2D eigenvalue weighted by Gasteiger charge is -2.15. The highest BCUT2D eigenvalue weighted by molar-refractivity contribution is 8.00. The number of amides is 1. The molecule has 1 aromatic carbocycles. The van der Waals surface area contributed by atoms with Crippen molar-refractivity contribution in [2.75, 3.05) is 5.32 Å². The zero-order valence-corrected chi connectivity index (χ0v) is 17.5. The van der Waals surface area contributed by atoms with Crippen LogP contribution in [0, 0.1) is 29.9 Å². The Morgan fingerprint density at radius 1 is 1.37 bits per heavy atom. The molecule has 0 unspecified atom stereocenters. The van der Waals surface area contributed by atoms with Crippen LogP contribution in [0.1, 0.15) is 32.2 Å². The Balaban J connectivity index is 2.13. The molecule has 0 radical (unpaired) electrons. The lowest BCUT2D eigenvalue weighted by Crippen LogP contribution is -2.23. The van der Waals surface area contributed by atoms with Gasteiger partial charge in [-0.05, 0) is 32.8 Å². The van der Waals surface area contributed by atoms with E-state index in [0.717, 1.165) is 23.1 Å². The molecule has 1 N–H and O–H groups in total. The molecule has 2 aromatic rings. The van der Waals surface area contributed by atoms with Gasteiger partial charge >= 0.3 is 0 Å². The monoisotopic (exact) mass is 410 g/mol. The Morgan fingerprint density at radius 3 is 2.59 bits per heavy atom. The van der Waals surface area contributed by atoms with Gasteiger partial charge in [0.25, 0.3) is 5.69 Å². The van der Waals surface area contributed by atoms with E-state index in [1.54, 1.807) is 6.92 Å². The van der Waals surface area contributed by atoms with Crippen LogP contribution in [0.5, 0.6) is 0 Å². The highest BCUT2D eigenvalue weighted by Crippen LogP contribution is 2.29. The molecule has 0 aliphatic heterocycles. The Hall–Kier alpha value is -2.06. The lowest BCUT2D eigenvalue weighted by molar-refractivity contribution is -0.384. The van der Waals surface area contributed by atoms with Crippen LogP contribution in [0.25, 0.3) is 0 Å².